The van der Waals surface area contributed by atoms with Gasteiger partial charge in [0.15, 0.2) is 5.78 Å². The maximum atomic E-state index is 12.3. The summed E-state index contributed by atoms with van der Waals surface area (Å²) in [5, 5.41) is 0.968. The zero-order valence-corrected chi connectivity index (χ0v) is 13.1. The van der Waals surface area contributed by atoms with Crippen molar-refractivity contribution in [2.45, 2.75) is 25.9 Å². The standard InChI is InChI=1S/C15H19Cl2NO2/c1-2-20-12-5-7-18(8-6-12)10-15(19)13-4-3-11(16)9-14(13)17/h3-4,9,12H,2,5-8,10H2,1H3. The molecule has 0 spiro atoms. The zero-order chi connectivity index (χ0) is 14.5. The van der Waals surface area contributed by atoms with Crippen LogP contribution < -0.4 is 0 Å². The molecule has 0 atom stereocenters. The third-order valence-corrected chi connectivity index (χ3v) is 4.08. The minimum absolute atomic E-state index is 0.0431. The number of Topliss-reactive ketones (excluding diaryl/α,β-unsaturated/α-hetero) is 1. The summed E-state index contributed by atoms with van der Waals surface area (Å²) in [5.74, 6) is 0.0431. The molecule has 0 N–H and O–H groups in total. The molecule has 1 saturated heterocycles. The van der Waals surface area contributed by atoms with E-state index in [9.17, 15) is 4.79 Å². The Labute approximate surface area is 129 Å². The number of likely N-dealkylation sites (tertiary alicyclic amines) is 1. The summed E-state index contributed by atoms with van der Waals surface area (Å²) in [4.78, 5) is 14.4. The third-order valence-electron chi connectivity index (χ3n) is 3.54. The van der Waals surface area contributed by atoms with Gasteiger partial charge in [0.25, 0.3) is 0 Å². The number of hydrogen-bond acceptors (Lipinski definition) is 3. The lowest BCUT2D eigenvalue weighted by Crippen LogP contribution is -2.39. The topological polar surface area (TPSA) is 29.5 Å². The van der Waals surface area contributed by atoms with Crippen LogP contribution in [0.5, 0.6) is 0 Å². The predicted octanol–water partition coefficient (Wildman–Crippen LogP) is 3.68. The van der Waals surface area contributed by atoms with Crippen LogP contribution in [0.4, 0.5) is 0 Å². The number of piperidine rings is 1. The van der Waals surface area contributed by atoms with E-state index in [4.69, 9.17) is 27.9 Å². The fourth-order valence-corrected chi connectivity index (χ4v) is 2.99. The summed E-state index contributed by atoms with van der Waals surface area (Å²) in [6, 6.07) is 5.00. The molecular formula is C15H19Cl2NO2. The number of carbonyl (C=O) groups is 1. The second-order valence-electron chi connectivity index (χ2n) is 4.98. The maximum Gasteiger partial charge on any atom is 0.178 e. The molecule has 1 aliphatic rings. The van der Waals surface area contributed by atoms with Gasteiger partial charge in [-0.05, 0) is 38.0 Å². The van der Waals surface area contributed by atoms with Crippen molar-refractivity contribution >= 4 is 29.0 Å². The van der Waals surface area contributed by atoms with Crippen molar-refractivity contribution in [3.8, 4) is 0 Å². The number of ether oxygens (including phenoxy) is 1. The number of carbonyl (C=O) groups excluding carboxylic acids is 1. The molecule has 0 aliphatic carbocycles. The lowest BCUT2D eigenvalue weighted by Gasteiger charge is -2.31. The summed E-state index contributed by atoms with van der Waals surface area (Å²) in [6.45, 7) is 4.95. The summed E-state index contributed by atoms with van der Waals surface area (Å²) in [5.41, 5.74) is 0.544. The minimum Gasteiger partial charge on any atom is -0.378 e. The van der Waals surface area contributed by atoms with Crippen LogP contribution in [0.3, 0.4) is 0 Å². The van der Waals surface area contributed by atoms with E-state index in [2.05, 4.69) is 4.90 Å². The van der Waals surface area contributed by atoms with Crippen LogP contribution in [0.15, 0.2) is 18.2 Å². The van der Waals surface area contributed by atoms with E-state index in [1.54, 1.807) is 18.2 Å². The fraction of sp³-hybridized carbons (Fsp3) is 0.533. The first kappa shape index (κ1) is 15.8. The molecular weight excluding hydrogens is 297 g/mol. The monoisotopic (exact) mass is 315 g/mol. The maximum absolute atomic E-state index is 12.3. The van der Waals surface area contributed by atoms with Crippen molar-refractivity contribution in [2.75, 3.05) is 26.2 Å². The second kappa shape index (κ2) is 7.41. The molecule has 5 heteroatoms. The van der Waals surface area contributed by atoms with Gasteiger partial charge in [0.2, 0.25) is 0 Å². The van der Waals surface area contributed by atoms with Gasteiger partial charge < -0.3 is 4.74 Å². The number of halogens is 2. The Morgan fingerprint density at radius 1 is 1.35 bits per heavy atom. The van der Waals surface area contributed by atoms with E-state index in [-0.39, 0.29) is 5.78 Å². The Hall–Kier alpha value is -0.610. The molecule has 1 aromatic rings. The quantitative estimate of drug-likeness (QED) is 0.776. The molecule has 20 heavy (non-hydrogen) atoms. The van der Waals surface area contributed by atoms with E-state index in [1.807, 2.05) is 6.92 Å². The van der Waals surface area contributed by atoms with Crippen molar-refractivity contribution < 1.29 is 9.53 Å². The van der Waals surface area contributed by atoms with E-state index < -0.39 is 0 Å². The van der Waals surface area contributed by atoms with Crippen molar-refractivity contribution in [2.24, 2.45) is 0 Å². The first-order chi connectivity index (χ1) is 9.60. The van der Waals surface area contributed by atoms with Crippen molar-refractivity contribution in [3.63, 3.8) is 0 Å². The fourth-order valence-electron chi connectivity index (χ4n) is 2.47. The molecule has 0 radical (unpaired) electrons. The van der Waals surface area contributed by atoms with Crippen LogP contribution in [0.2, 0.25) is 10.0 Å². The van der Waals surface area contributed by atoms with E-state index in [1.165, 1.54) is 0 Å². The summed E-state index contributed by atoms with van der Waals surface area (Å²) in [6.07, 6.45) is 2.30. The van der Waals surface area contributed by atoms with Crippen molar-refractivity contribution in [3.05, 3.63) is 33.8 Å². The van der Waals surface area contributed by atoms with Gasteiger partial charge in [0.05, 0.1) is 17.7 Å². The van der Waals surface area contributed by atoms with Crippen molar-refractivity contribution in [1.29, 1.82) is 0 Å². The van der Waals surface area contributed by atoms with Gasteiger partial charge in [-0.25, -0.2) is 0 Å². The molecule has 1 fully saturated rings. The summed E-state index contributed by atoms with van der Waals surface area (Å²) >= 11 is 11.9. The van der Waals surface area contributed by atoms with Gasteiger partial charge in [-0.2, -0.15) is 0 Å². The molecule has 0 aromatic heterocycles. The van der Waals surface area contributed by atoms with Gasteiger partial charge in [0, 0.05) is 30.3 Å². The number of rotatable bonds is 5. The smallest absolute Gasteiger partial charge is 0.178 e. The van der Waals surface area contributed by atoms with Crippen LogP contribution in [0, 0.1) is 0 Å². The molecule has 2 rings (SSSR count). The third kappa shape index (κ3) is 4.19. The normalized spacial score (nSPS) is 17.4. The molecule has 0 bridgehead atoms. The van der Waals surface area contributed by atoms with Crippen LogP contribution in [-0.4, -0.2) is 43.0 Å². The van der Waals surface area contributed by atoms with E-state index >= 15 is 0 Å². The van der Waals surface area contributed by atoms with E-state index in [0.29, 0.717) is 28.3 Å². The van der Waals surface area contributed by atoms with Gasteiger partial charge in [-0.1, -0.05) is 23.2 Å². The Bertz CT molecular complexity index is 471. The highest BCUT2D eigenvalue weighted by Gasteiger charge is 2.22. The Morgan fingerprint density at radius 3 is 2.65 bits per heavy atom. The van der Waals surface area contributed by atoms with E-state index in [0.717, 1.165) is 32.5 Å². The average molecular weight is 316 g/mol. The van der Waals surface area contributed by atoms with Crippen molar-refractivity contribution in [1.82, 2.24) is 4.90 Å². The van der Waals surface area contributed by atoms with Gasteiger partial charge >= 0.3 is 0 Å². The largest absolute Gasteiger partial charge is 0.378 e. The first-order valence-corrected chi connectivity index (χ1v) is 7.68. The predicted molar refractivity (Wildman–Crippen MR) is 81.9 cm³/mol. The minimum atomic E-state index is 0.0431. The van der Waals surface area contributed by atoms with Gasteiger partial charge in [-0.3, -0.25) is 9.69 Å². The molecule has 0 unspecified atom stereocenters. The summed E-state index contributed by atoms with van der Waals surface area (Å²) < 4.78 is 5.61. The van der Waals surface area contributed by atoms with Crippen LogP contribution in [0.25, 0.3) is 0 Å². The average Bonchev–Trinajstić information content (AvgIpc) is 2.41. The lowest BCUT2D eigenvalue weighted by molar-refractivity contribution is 0.0147. The van der Waals surface area contributed by atoms with Crippen LogP contribution in [0.1, 0.15) is 30.1 Å². The van der Waals surface area contributed by atoms with Crippen LogP contribution >= 0.6 is 23.2 Å². The highest BCUT2D eigenvalue weighted by molar-refractivity contribution is 6.36. The Kier molecular flexibility index (Phi) is 5.85. The SMILES string of the molecule is CCOC1CCN(CC(=O)c2ccc(Cl)cc2Cl)CC1. The molecule has 1 heterocycles. The highest BCUT2D eigenvalue weighted by atomic mass is 35.5. The lowest BCUT2D eigenvalue weighted by atomic mass is 10.1. The number of hydrogen-bond donors (Lipinski definition) is 0. The zero-order valence-electron chi connectivity index (χ0n) is 11.6. The Balaban J connectivity index is 1.89. The molecule has 1 aliphatic heterocycles. The molecule has 1 aromatic carbocycles. The Morgan fingerprint density at radius 2 is 2.05 bits per heavy atom. The highest BCUT2D eigenvalue weighted by Crippen LogP contribution is 2.22. The number of nitrogens with zero attached hydrogens (tertiary/aromatic N) is 1. The number of ketones is 1. The molecule has 0 amide bonds. The second-order valence-corrected chi connectivity index (χ2v) is 5.82. The molecule has 110 valence electrons. The summed E-state index contributed by atoms with van der Waals surface area (Å²) in [7, 11) is 0. The first-order valence-electron chi connectivity index (χ1n) is 6.92. The molecule has 0 saturated carbocycles. The number of benzene rings is 1. The van der Waals surface area contributed by atoms with Crippen LogP contribution in [-0.2, 0) is 4.74 Å². The van der Waals surface area contributed by atoms with Gasteiger partial charge in [-0.15, -0.1) is 0 Å². The van der Waals surface area contributed by atoms with Gasteiger partial charge in [0.1, 0.15) is 0 Å². The molecule has 3 nitrogen and oxygen atoms in total.